The number of hydrogen-bond acceptors (Lipinski definition) is 1. The largest absolute Gasteiger partial charge is 0.416 e. The van der Waals surface area contributed by atoms with Crippen molar-refractivity contribution in [2.24, 2.45) is 5.92 Å². The van der Waals surface area contributed by atoms with Gasteiger partial charge in [0.25, 0.3) is 0 Å². The van der Waals surface area contributed by atoms with Gasteiger partial charge in [0, 0.05) is 16.2 Å². The summed E-state index contributed by atoms with van der Waals surface area (Å²) in [4.78, 5) is 0. The number of anilines is 1. The number of benzene rings is 1. The quantitative estimate of drug-likeness (QED) is 0.756. The Hall–Kier alpha value is -0.710. The molecule has 1 aliphatic rings. The van der Waals surface area contributed by atoms with Crippen molar-refractivity contribution >= 4 is 21.6 Å². The van der Waals surface area contributed by atoms with Gasteiger partial charge in [-0.15, -0.1) is 0 Å². The summed E-state index contributed by atoms with van der Waals surface area (Å²) in [6, 6.07) is 4.00. The maximum atomic E-state index is 12.7. The lowest BCUT2D eigenvalue weighted by Gasteiger charge is -2.29. The molecule has 0 aliphatic heterocycles. The Labute approximate surface area is 119 Å². The van der Waals surface area contributed by atoms with Crippen LogP contribution >= 0.6 is 15.9 Å². The van der Waals surface area contributed by atoms with Gasteiger partial charge in [0.2, 0.25) is 0 Å². The molecule has 0 saturated heterocycles. The summed E-state index contributed by atoms with van der Waals surface area (Å²) in [6.07, 6.45) is 0.0874. The zero-order chi connectivity index (χ0) is 14.0. The zero-order valence-electron chi connectivity index (χ0n) is 10.7. The van der Waals surface area contributed by atoms with Crippen LogP contribution in [0.25, 0.3) is 0 Å². The summed E-state index contributed by atoms with van der Waals surface area (Å²) >= 11 is 3.31. The Morgan fingerprint density at radius 2 is 2.00 bits per heavy atom. The highest BCUT2D eigenvalue weighted by molar-refractivity contribution is 9.10. The zero-order valence-corrected chi connectivity index (χ0v) is 12.3. The van der Waals surface area contributed by atoms with Crippen molar-refractivity contribution < 1.29 is 13.2 Å². The highest BCUT2D eigenvalue weighted by Crippen LogP contribution is 2.35. The lowest BCUT2D eigenvalue weighted by molar-refractivity contribution is -0.137. The minimum absolute atomic E-state index is 0.267. The first-order valence-corrected chi connectivity index (χ1v) is 7.29. The van der Waals surface area contributed by atoms with Crippen molar-refractivity contribution in [3.8, 4) is 0 Å². The normalized spacial score (nSPS) is 24.3. The van der Waals surface area contributed by atoms with E-state index in [9.17, 15) is 13.2 Å². The second kappa shape index (κ2) is 5.73. The van der Waals surface area contributed by atoms with Crippen LogP contribution in [0.1, 0.15) is 38.2 Å². The van der Waals surface area contributed by atoms with Gasteiger partial charge in [-0.3, -0.25) is 0 Å². The Morgan fingerprint density at radius 3 is 2.63 bits per heavy atom. The first-order chi connectivity index (χ1) is 8.86. The molecule has 0 amide bonds. The summed E-state index contributed by atoms with van der Waals surface area (Å²) in [7, 11) is 0. The molecule has 106 valence electrons. The topological polar surface area (TPSA) is 12.0 Å². The van der Waals surface area contributed by atoms with E-state index in [0.717, 1.165) is 25.3 Å². The molecule has 2 atom stereocenters. The van der Waals surface area contributed by atoms with Gasteiger partial charge in [-0.2, -0.15) is 13.2 Å². The third-order valence-electron chi connectivity index (χ3n) is 3.59. The fourth-order valence-corrected chi connectivity index (χ4v) is 2.96. The molecule has 0 bridgehead atoms. The fourth-order valence-electron chi connectivity index (χ4n) is 2.60. The van der Waals surface area contributed by atoms with Crippen LogP contribution in [-0.2, 0) is 6.18 Å². The van der Waals surface area contributed by atoms with Crippen LogP contribution in [0.3, 0.4) is 0 Å². The van der Waals surface area contributed by atoms with E-state index >= 15 is 0 Å². The van der Waals surface area contributed by atoms with E-state index in [1.807, 2.05) is 0 Å². The number of hydrogen-bond donors (Lipinski definition) is 1. The van der Waals surface area contributed by atoms with Crippen molar-refractivity contribution in [3.05, 3.63) is 28.2 Å². The molecule has 0 radical (unpaired) electrons. The monoisotopic (exact) mass is 335 g/mol. The molecule has 1 saturated carbocycles. The van der Waals surface area contributed by atoms with Crippen LogP contribution in [0.2, 0.25) is 0 Å². The first-order valence-electron chi connectivity index (χ1n) is 6.49. The molecular formula is C14H17BrF3N. The van der Waals surface area contributed by atoms with Gasteiger partial charge in [-0.25, -0.2) is 0 Å². The van der Waals surface area contributed by atoms with E-state index in [-0.39, 0.29) is 6.04 Å². The fraction of sp³-hybridized carbons (Fsp3) is 0.571. The smallest absolute Gasteiger partial charge is 0.381 e. The molecule has 1 nitrogen and oxygen atoms in total. The van der Waals surface area contributed by atoms with E-state index < -0.39 is 11.7 Å². The SMILES string of the molecule is CC1CCCC(Nc2cc(C(F)(F)F)ccc2Br)C1. The Balaban J connectivity index is 2.15. The molecule has 0 heterocycles. The summed E-state index contributed by atoms with van der Waals surface area (Å²) < 4.78 is 38.8. The van der Waals surface area contributed by atoms with Gasteiger partial charge in [0.05, 0.1) is 5.56 Å². The molecule has 1 aromatic carbocycles. The van der Waals surface area contributed by atoms with Gasteiger partial charge >= 0.3 is 6.18 Å². The predicted molar refractivity (Wildman–Crippen MR) is 74.2 cm³/mol. The van der Waals surface area contributed by atoms with Crippen LogP contribution in [0.15, 0.2) is 22.7 Å². The van der Waals surface area contributed by atoms with Crippen molar-refractivity contribution in [2.45, 2.75) is 44.8 Å². The average molecular weight is 336 g/mol. The molecule has 0 spiro atoms. The standard InChI is InChI=1S/C14H17BrF3N/c1-9-3-2-4-11(7-9)19-13-8-10(14(16,17)18)5-6-12(13)15/h5-6,8-9,11,19H,2-4,7H2,1H3. The minimum atomic E-state index is -4.29. The van der Waals surface area contributed by atoms with Crippen LogP contribution < -0.4 is 5.32 Å². The lowest BCUT2D eigenvalue weighted by atomic mass is 9.87. The molecular weight excluding hydrogens is 319 g/mol. The van der Waals surface area contributed by atoms with Gasteiger partial charge in [0.15, 0.2) is 0 Å². The van der Waals surface area contributed by atoms with E-state index in [1.165, 1.54) is 18.6 Å². The summed E-state index contributed by atoms with van der Waals surface area (Å²) in [5.41, 5.74) is -0.0732. The Kier molecular flexibility index (Phi) is 4.43. The molecule has 1 aromatic rings. The highest BCUT2D eigenvalue weighted by Gasteiger charge is 2.31. The maximum Gasteiger partial charge on any atom is 0.416 e. The minimum Gasteiger partial charge on any atom is -0.381 e. The van der Waals surface area contributed by atoms with E-state index in [0.29, 0.717) is 16.1 Å². The molecule has 0 aromatic heterocycles. The molecule has 5 heteroatoms. The van der Waals surface area contributed by atoms with E-state index in [2.05, 4.69) is 28.2 Å². The molecule has 19 heavy (non-hydrogen) atoms. The number of halogens is 4. The van der Waals surface area contributed by atoms with Crippen LogP contribution in [0.4, 0.5) is 18.9 Å². The van der Waals surface area contributed by atoms with Crippen LogP contribution in [0.5, 0.6) is 0 Å². The highest BCUT2D eigenvalue weighted by atomic mass is 79.9. The molecule has 1 N–H and O–H groups in total. The van der Waals surface area contributed by atoms with Gasteiger partial charge in [-0.05, 0) is 52.9 Å². The predicted octanol–water partition coefficient (Wildman–Crippen LogP) is 5.46. The van der Waals surface area contributed by atoms with Gasteiger partial charge in [0.1, 0.15) is 0 Å². The Morgan fingerprint density at radius 1 is 1.26 bits per heavy atom. The second-order valence-electron chi connectivity index (χ2n) is 5.31. The van der Waals surface area contributed by atoms with Crippen molar-refractivity contribution in [3.63, 3.8) is 0 Å². The summed E-state index contributed by atoms with van der Waals surface area (Å²) in [5.74, 6) is 0.635. The molecule has 1 aliphatic carbocycles. The summed E-state index contributed by atoms with van der Waals surface area (Å²) in [5, 5.41) is 3.25. The number of nitrogens with one attached hydrogen (secondary N) is 1. The summed E-state index contributed by atoms with van der Waals surface area (Å²) in [6.45, 7) is 2.19. The van der Waals surface area contributed by atoms with E-state index in [1.54, 1.807) is 0 Å². The molecule has 2 unspecified atom stereocenters. The van der Waals surface area contributed by atoms with Gasteiger partial charge in [-0.1, -0.05) is 19.8 Å². The van der Waals surface area contributed by atoms with Gasteiger partial charge < -0.3 is 5.32 Å². The third kappa shape index (κ3) is 3.88. The van der Waals surface area contributed by atoms with Crippen LogP contribution in [0, 0.1) is 5.92 Å². The Bertz CT molecular complexity index is 445. The van der Waals surface area contributed by atoms with Crippen LogP contribution in [-0.4, -0.2) is 6.04 Å². The maximum absolute atomic E-state index is 12.7. The number of rotatable bonds is 2. The van der Waals surface area contributed by atoms with E-state index in [4.69, 9.17) is 0 Å². The second-order valence-corrected chi connectivity index (χ2v) is 6.16. The van der Waals surface area contributed by atoms with Crippen molar-refractivity contribution in [2.75, 3.05) is 5.32 Å². The van der Waals surface area contributed by atoms with Crippen molar-refractivity contribution in [1.82, 2.24) is 0 Å². The first kappa shape index (κ1) is 14.7. The number of alkyl halides is 3. The average Bonchev–Trinajstić information content (AvgIpc) is 2.30. The molecule has 1 fully saturated rings. The van der Waals surface area contributed by atoms with Crippen molar-refractivity contribution in [1.29, 1.82) is 0 Å². The lowest BCUT2D eigenvalue weighted by Crippen LogP contribution is -2.26. The third-order valence-corrected chi connectivity index (χ3v) is 4.28. The molecule has 2 rings (SSSR count).